The smallest absolute Gasteiger partial charge is 0.331 e. The van der Waals surface area contributed by atoms with Gasteiger partial charge in [-0.25, -0.2) is 4.79 Å². The molecule has 0 unspecified atom stereocenters. The monoisotopic (exact) mass is 329 g/mol. The Morgan fingerprint density at radius 3 is 2.46 bits per heavy atom. The molecule has 3 rings (SSSR count). The molecule has 0 saturated heterocycles. The number of hydrogen-bond acceptors (Lipinski definition) is 3. The molecule has 4 nitrogen and oxygen atoms in total. The van der Waals surface area contributed by atoms with Gasteiger partial charge >= 0.3 is 5.97 Å². The molecule has 0 heterocycles. The van der Waals surface area contributed by atoms with Gasteiger partial charge in [0, 0.05) is 5.56 Å². The van der Waals surface area contributed by atoms with Gasteiger partial charge in [0.25, 0.3) is 5.91 Å². The highest BCUT2D eigenvalue weighted by Gasteiger charge is 2.42. The van der Waals surface area contributed by atoms with Gasteiger partial charge in [-0.1, -0.05) is 25.3 Å². The Labute approximate surface area is 144 Å². The maximum absolute atomic E-state index is 12.8. The van der Waals surface area contributed by atoms with Crippen molar-refractivity contribution in [1.82, 2.24) is 5.32 Å². The Morgan fingerprint density at radius 1 is 1.04 bits per heavy atom. The van der Waals surface area contributed by atoms with Crippen LogP contribution in [0.25, 0.3) is 0 Å². The predicted molar refractivity (Wildman–Crippen MR) is 93.0 cm³/mol. The van der Waals surface area contributed by atoms with E-state index in [1.165, 1.54) is 24.0 Å². The van der Waals surface area contributed by atoms with Crippen molar-refractivity contribution in [2.75, 3.05) is 6.61 Å². The molecule has 1 N–H and O–H groups in total. The summed E-state index contributed by atoms with van der Waals surface area (Å²) in [6.45, 7) is 2.15. The second-order valence-corrected chi connectivity index (χ2v) is 7.01. The largest absolute Gasteiger partial charge is 0.464 e. The number of carbonyl (C=O) groups excluding carboxylic acids is 2. The molecule has 24 heavy (non-hydrogen) atoms. The lowest BCUT2D eigenvalue weighted by Gasteiger charge is -2.35. The summed E-state index contributed by atoms with van der Waals surface area (Å²) in [6.07, 6.45) is 8.90. The van der Waals surface area contributed by atoms with Crippen molar-refractivity contribution in [3.8, 4) is 0 Å². The van der Waals surface area contributed by atoms with Crippen LogP contribution in [0, 0.1) is 0 Å². The van der Waals surface area contributed by atoms with Gasteiger partial charge in [-0.3, -0.25) is 4.79 Å². The van der Waals surface area contributed by atoms with Crippen LogP contribution in [0.5, 0.6) is 0 Å². The topological polar surface area (TPSA) is 55.4 Å². The summed E-state index contributed by atoms with van der Waals surface area (Å²) in [6, 6.07) is 5.97. The molecule has 2 aliphatic rings. The van der Waals surface area contributed by atoms with E-state index >= 15 is 0 Å². The highest BCUT2D eigenvalue weighted by Crippen LogP contribution is 2.30. The highest BCUT2D eigenvalue weighted by molar-refractivity contribution is 5.98. The molecule has 4 heteroatoms. The first-order valence-electron chi connectivity index (χ1n) is 9.26. The van der Waals surface area contributed by atoms with Crippen LogP contribution in [0.15, 0.2) is 18.2 Å². The van der Waals surface area contributed by atoms with E-state index in [2.05, 4.69) is 11.4 Å². The van der Waals surface area contributed by atoms with E-state index < -0.39 is 5.54 Å². The van der Waals surface area contributed by atoms with Gasteiger partial charge in [0.15, 0.2) is 0 Å². The molecule has 1 aromatic carbocycles. The molecule has 0 spiro atoms. The zero-order valence-electron chi connectivity index (χ0n) is 14.5. The maximum atomic E-state index is 12.8. The summed E-state index contributed by atoms with van der Waals surface area (Å²) >= 11 is 0. The molecule has 130 valence electrons. The van der Waals surface area contributed by atoms with Crippen LogP contribution >= 0.6 is 0 Å². The quantitative estimate of drug-likeness (QED) is 0.859. The van der Waals surface area contributed by atoms with E-state index in [1.807, 2.05) is 12.1 Å². The molecule has 1 saturated carbocycles. The van der Waals surface area contributed by atoms with Crippen LogP contribution in [0.1, 0.15) is 73.4 Å². The number of esters is 1. The van der Waals surface area contributed by atoms with Crippen LogP contribution < -0.4 is 5.32 Å². The molecule has 0 aromatic heterocycles. The molecule has 1 aromatic rings. The number of amides is 1. The first-order chi connectivity index (χ1) is 11.6. The Balaban J connectivity index is 1.79. The Morgan fingerprint density at radius 2 is 1.75 bits per heavy atom. The molecular formula is C20H27NO3. The van der Waals surface area contributed by atoms with E-state index in [0.29, 0.717) is 25.0 Å². The molecule has 1 amide bonds. The lowest BCUT2D eigenvalue weighted by Crippen LogP contribution is -2.56. The fraction of sp³-hybridized carbons (Fsp3) is 0.600. The van der Waals surface area contributed by atoms with Gasteiger partial charge in [0.05, 0.1) is 6.61 Å². The minimum atomic E-state index is -0.846. The number of ether oxygens (including phenoxy) is 1. The van der Waals surface area contributed by atoms with Crippen molar-refractivity contribution in [3.63, 3.8) is 0 Å². The van der Waals surface area contributed by atoms with Crippen molar-refractivity contribution in [2.24, 2.45) is 0 Å². The van der Waals surface area contributed by atoms with E-state index in [4.69, 9.17) is 4.74 Å². The van der Waals surface area contributed by atoms with Crippen LogP contribution in [0.3, 0.4) is 0 Å². The number of rotatable bonds is 4. The van der Waals surface area contributed by atoms with Gasteiger partial charge in [-0.15, -0.1) is 0 Å². The molecule has 0 radical (unpaired) electrons. The number of hydrogen-bond donors (Lipinski definition) is 1. The summed E-state index contributed by atoms with van der Waals surface area (Å²) in [5.41, 5.74) is 2.45. The van der Waals surface area contributed by atoms with Gasteiger partial charge in [-0.05, 0) is 68.7 Å². The third-order valence-corrected chi connectivity index (χ3v) is 5.34. The molecule has 2 aliphatic carbocycles. The molecule has 1 fully saturated rings. The Bertz CT molecular complexity index is 617. The van der Waals surface area contributed by atoms with Crippen molar-refractivity contribution < 1.29 is 14.3 Å². The first-order valence-corrected chi connectivity index (χ1v) is 9.26. The van der Waals surface area contributed by atoms with Gasteiger partial charge in [0.2, 0.25) is 0 Å². The second-order valence-electron chi connectivity index (χ2n) is 7.01. The van der Waals surface area contributed by atoms with E-state index in [-0.39, 0.29) is 11.9 Å². The first kappa shape index (κ1) is 17.0. The van der Waals surface area contributed by atoms with Gasteiger partial charge < -0.3 is 10.1 Å². The van der Waals surface area contributed by atoms with Gasteiger partial charge in [-0.2, -0.15) is 0 Å². The molecular weight excluding hydrogens is 302 g/mol. The summed E-state index contributed by atoms with van der Waals surface area (Å²) < 4.78 is 5.26. The third-order valence-electron chi connectivity index (χ3n) is 5.34. The lowest BCUT2D eigenvalue weighted by molar-refractivity contribution is -0.152. The summed E-state index contributed by atoms with van der Waals surface area (Å²) in [7, 11) is 0. The highest BCUT2D eigenvalue weighted by atomic mass is 16.5. The predicted octanol–water partition coefficient (Wildman–Crippen LogP) is 3.56. The molecule has 0 bridgehead atoms. The van der Waals surface area contributed by atoms with Crippen LogP contribution in [0.2, 0.25) is 0 Å². The van der Waals surface area contributed by atoms with Crippen LogP contribution in [-0.2, 0) is 22.4 Å². The third kappa shape index (κ3) is 3.47. The zero-order valence-corrected chi connectivity index (χ0v) is 14.5. The normalized spacial score (nSPS) is 19.2. The second kappa shape index (κ2) is 7.37. The lowest BCUT2D eigenvalue weighted by atomic mass is 9.81. The average molecular weight is 329 g/mol. The average Bonchev–Trinajstić information content (AvgIpc) is 2.62. The minimum absolute atomic E-state index is 0.154. The number of aryl methyl sites for hydroxylation is 2. The fourth-order valence-electron chi connectivity index (χ4n) is 3.97. The van der Waals surface area contributed by atoms with Crippen LogP contribution in [0.4, 0.5) is 0 Å². The standard InChI is InChI=1S/C20H27NO3/c1-2-24-19(23)20(12-6-3-7-13-20)21-18(22)17-11-10-15-8-4-5-9-16(15)14-17/h10-11,14H,2-9,12-13H2,1H3,(H,21,22). The number of nitrogens with one attached hydrogen (secondary N) is 1. The summed E-state index contributed by atoms with van der Waals surface area (Å²) in [5.74, 6) is -0.436. The Hall–Kier alpha value is -1.84. The Kier molecular flexibility index (Phi) is 5.22. The minimum Gasteiger partial charge on any atom is -0.464 e. The summed E-state index contributed by atoms with van der Waals surface area (Å²) in [5, 5.41) is 3.03. The molecule has 0 aliphatic heterocycles. The van der Waals surface area contributed by atoms with E-state index in [9.17, 15) is 9.59 Å². The SMILES string of the molecule is CCOC(=O)C1(NC(=O)c2ccc3c(c2)CCCC3)CCCCC1. The van der Waals surface area contributed by atoms with E-state index in [1.54, 1.807) is 6.92 Å². The van der Waals surface area contributed by atoms with E-state index in [0.717, 1.165) is 32.1 Å². The van der Waals surface area contributed by atoms with Crippen molar-refractivity contribution in [3.05, 3.63) is 34.9 Å². The van der Waals surface area contributed by atoms with Crippen molar-refractivity contribution in [1.29, 1.82) is 0 Å². The number of carbonyl (C=O) groups is 2. The van der Waals surface area contributed by atoms with Crippen molar-refractivity contribution in [2.45, 2.75) is 70.3 Å². The van der Waals surface area contributed by atoms with Gasteiger partial charge in [0.1, 0.15) is 5.54 Å². The van der Waals surface area contributed by atoms with Crippen molar-refractivity contribution >= 4 is 11.9 Å². The molecule has 0 atom stereocenters. The van der Waals surface area contributed by atoms with Crippen LogP contribution in [-0.4, -0.2) is 24.0 Å². The zero-order chi connectivity index (χ0) is 17.0. The summed E-state index contributed by atoms with van der Waals surface area (Å²) in [4.78, 5) is 25.3. The number of fused-ring (bicyclic) bond motifs is 1. The maximum Gasteiger partial charge on any atom is 0.331 e. The fourth-order valence-corrected chi connectivity index (χ4v) is 3.97. The number of benzene rings is 1.